The SMILES string of the molecule is COc1cccc(C2=NC(=O)[C@@H](CC(=O)Nc3ccc(OC)cc3[N+](=O)[O-])S2)c1. The molecule has 0 unspecified atom stereocenters. The third-order valence-electron chi connectivity index (χ3n) is 4.10. The predicted octanol–water partition coefficient (Wildman–Crippen LogP) is 3.03. The first kappa shape index (κ1) is 20.3. The lowest BCUT2D eigenvalue weighted by Crippen LogP contribution is -2.21. The standard InChI is InChI=1S/C19H17N3O6S/c1-27-12-5-3-4-11(8-12)19-21-18(24)16(29-19)10-17(23)20-14-7-6-13(28-2)9-15(14)22(25)26/h3-9,16H,10H2,1-2H3,(H,20,23)/t16-/m1/s1. The maximum Gasteiger partial charge on any atom is 0.296 e. The topological polar surface area (TPSA) is 120 Å². The van der Waals surface area contributed by atoms with Crippen molar-refractivity contribution in [3.8, 4) is 11.5 Å². The number of nitro groups is 1. The lowest BCUT2D eigenvalue weighted by Gasteiger charge is -2.10. The second-order valence-electron chi connectivity index (χ2n) is 5.99. The van der Waals surface area contributed by atoms with E-state index in [9.17, 15) is 19.7 Å². The fourth-order valence-electron chi connectivity index (χ4n) is 2.67. The summed E-state index contributed by atoms with van der Waals surface area (Å²) in [6.45, 7) is 0. The van der Waals surface area contributed by atoms with Gasteiger partial charge in [0.25, 0.3) is 11.6 Å². The van der Waals surface area contributed by atoms with Crippen molar-refractivity contribution in [3.05, 3.63) is 58.1 Å². The van der Waals surface area contributed by atoms with Crippen LogP contribution in [0.1, 0.15) is 12.0 Å². The average molecular weight is 415 g/mol. The lowest BCUT2D eigenvalue weighted by atomic mass is 10.2. The Hall–Kier alpha value is -3.40. The molecule has 1 atom stereocenters. The van der Waals surface area contributed by atoms with Gasteiger partial charge in [-0.2, -0.15) is 0 Å². The Kier molecular flexibility index (Phi) is 6.13. The smallest absolute Gasteiger partial charge is 0.296 e. The van der Waals surface area contributed by atoms with Crippen molar-refractivity contribution in [1.29, 1.82) is 0 Å². The third-order valence-corrected chi connectivity index (χ3v) is 5.31. The maximum absolute atomic E-state index is 12.4. The minimum absolute atomic E-state index is 0.0326. The van der Waals surface area contributed by atoms with Crippen LogP contribution in [0.3, 0.4) is 0 Å². The number of nitrogens with one attached hydrogen (secondary N) is 1. The van der Waals surface area contributed by atoms with Gasteiger partial charge in [-0.05, 0) is 24.3 Å². The summed E-state index contributed by atoms with van der Waals surface area (Å²) in [4.78, 5) is 39.2. The molecule has 1 heterocycles. The Morgan fingerprint density at radius 1 is 1.21 bits per heavy atom. The van der Waals surface area contributed by atoms with Crippen LogP contribution in [-0.4, -0.2) is 41.3 Å². The van der Waals surface area contributed by atoms with Gasteiger partial charge in [-0.1, -0.05) is 23.9 Å². The fraction of sp³-hybridized carbons (Fsp3) is 0.211. The highest BCUT2D eigenvalue weighted by Crippen LogP contribution is 2.32. The molecule has 2 amide bonds. The number of methoxy groups -OCH3 is 2. The molecule has 150 valence electrons. The van der Waals surface area contributed by atoms with E-state index in [1.54, 1.807) is 31.4 Å². The average Bonchev–Trinajstić information content (AvgIpc) is 3.08. The van der Waals surface area contributed by atoms with E-state index in [1.165, 1.54) is 37.1 Å². The van der Waals surface area contributed by atoms with Gasteiger partial charge in [-0.15, -0.1) is 0 Å². The minimum Gasteiger partial charge on any atom is -0.497 e. The van der Waals surface area contributed by atoms with Gasteiger partial charge < -0.3 is 14.8 Å². The maximum atomic E-state index is 12.4. The number of rotatable bonds is 7. The quantitative estimate of drug-likeness (QED) is 0.545. The zero-order chi connectivity index (χ0) is 21.0. The molecule has 2 aromatic carbocycles. The van der Waals surface area contributed by atoms with Crippen molar-refractivity contribution in [2.75, 3.05) is 19.5 Å². The van der Waals surface area contributed by atoms with E-state index < -0.39 is 22.0 Å². The van der Waals surface area contributed by atoms with Gasteiger partial charge in [0.2, 0.25) is 5.91 Å². The van der Waals surface area contributed by atoms with Crippen molar-refractivity contribution in [1.82, 2.24) is 0 Å². The van der Waals surface area contributed by atoms with Crippen molar-refractivity contribution in [2.24, 2.45) is 4.99 Å². The molecule has 1 aliphatic heterocycles. The van der Waals surface area contributed by atoms with Gasteiger partial charge >= 0.3 is 0 Å². The molecule has 0 radical (unpaired) electrons. The molecule has 29 heavy (non-hydrogen) atoms. The minimum atomic E-state index is -0.700. The van der Waals surface area contributed by atoms with Crippen LogP contribution in [0, 0.1) is 10.1 Å². The van der Waals surface area contributed by atoms with Crippen LogP contribution in [0.25, 0.3) is 0 Å². The zero-order valence-electron chi connectivity index (χ0n) is 15.6. The number of benzene rings is 2. The number of hydrogen-bond donors (Lipinski definition) is 1. The first-order valence-corrected chi connectivity index (χ1v) is 9.35. The summed E-state index contributed by atoms with van der Waals surface area (Å²) in [5.41, 5.74) is 0.456. The third kappa shape index (κ3) is 4.72. The van der Waals surface area contributed by atoms with E-state index >= 15 is 0 Å². The van der Waals surface area contributed by atoms with Crippen LogP contribution in [0.15, 0.2) is 47.5 Å². The molecule has 0 spiro atoms. The summed E-state index contributed by atoms with van der Waals surface area (Å²) in [5, 5.41) is 13.5. The summed E-state index contributed by atoms with van der Waals surface area (Å²) >= 11 is 1.18. The van der Waals surface area contributed by atoms with Crippen LogP contribution >= 0.6 is 11.8 Å². The van der Waals surface area contributed by atoms with Crippen molar-refractivity contribution in [3.63, 3.8) is 0 Å². The number of carbonyl (C=O) groups is 2. The molecule has 2 aromatic rings. The van der Waals surface area contributed by atoms with Gasteiger partial charge in [0.05, 0.1) is 25.2 Å². The van der Waals surface area contributed by atoms with E-state index in [4.69, 9.17) is 9.47 Å². The summed E-state index contributed by atoms with van der Waals surface area (Å²) < 4.78 is 10.1. The van der Waals surface area contributed by atoms with Crippen LogP contribution < -0.4 is 14.8 Å². The van der Waals surface area contributed by atoms with Gasteiger partial charge in [0.15, 0.2) is 0 Å². The first-order valence-electron chi connectivity index (χ1n) is 8.47. The van der Waals surface area contributed by atoms with E-state index in [0.717, 1.165) is 5.56 Å². The number of ether oxygens (including phenoxy) is 2. The zero-order valence-corrected chi connectivity index (χ0v) is 16.4. The van der Waals surface area contributed by atoms with Gasteiger partial charge in [-0.3, -0.25) is 19.7 Å². The largest absolute Gasteiger partial charge is 0.497 e. The molecular formula is C19H17N3O6S. The van der Waals surface area contributed by atoms with E-state index in [1.807, 2.05) is 0 Å². The Morgan fingerprint density at radius 3 is 2.62 bits per heavy atom. The highest BCUT2D eigenvalue weighted by atomic mass is 32.2. The summed E-state index contributed by atoms with van der Waals surface area (Å²) in [6.07, 6.45) is -0.163. The van der Waals surface area contributed by atoms with Gasteiger partial charge in [0, 0.05) is 12.0 Å². The highest BCUT2D eigenvalue weighted by Gasteiger charge is 2.31. The Balaban J connectivity index is 1.68. The first-order chi connectivity index (χ1) is 13.9. The Morgan fingerprint density at radius 2 is 1.93 bits per heavy atom. The molecule has 0 bridgehead atoms. The summed E-state index contributed by atoms with van der Waals surface area (Å²) in [7, 11) is 2.93. The predicted molar refractivity (Wildman–Crippen MR) is 109 cm³/mol. The molecule has 10 heteroatoms. The number of nitro benzene ring substituents is 1. The van der Waals surface area contributed by atoms with E-state index in [2.05, 4.69) is 10.3 Å². The monoisotopic (exact) mass is 415 g/mol. The second-order valence-corrected chi connectivity index (χ2v) is 7.18. The van der Waals surface area contributed by atoms with Crippen LogP contribution in [0.4, 0.5) is 11.4 Å². The second kappa shape index (κ2) is 8.74. The molecule has 9 nitrogen and oxygen atoms in total. The molecule has 0 saturated heterocycles. The van der Waals surface area contributed by atoms with E-state index in [-0.39, 0.29) is 17.8 Å². The summed E-state index contributed by atoms with van der Waals surface area (Å²) in [6, 6.07) is 11.2. The van der Waals surface area contributed by atoms with Crippen LogP contribution in [0.2, 0.25) is 0 Å². The van der Waals surface area contributed by atoms with Crippen LogP contribution in [0.5, 0.6) is 11.5 Å². The van der Waals surface area contributed by atoms with E-state index in [0.29, 0.717) is 16.5 Å². The van der Waals surface area contributed by atoms with Crippen molar-refractivity contribution < 1.29 is 24.0 Å². The van der Waals surface area contributed by atoms with Crippen molar-refractivity contribution >= 4 is 40.0 Å². The molecule has 1 N–H and O–H groups in total. The van der Waals surface area contributed by atoms with Gasteiger partial charge in [-0.25, -0.2) is 4.99 Å². The molecule has 0 aromatic heterocycles. The highest BCUT2D eigenvalue weighted by molar-refractivity contribution is 8.16. The molecule has 0 aliphatic carbocycles. The lowest BCUT2D eigenvalue weighted by molar-refractivity contribution is -0.384. The van der Waals surface area contributed by atoms with Crippen LogP contribution in [-0.2, 0) is 9.59 Å². The Bertz CT molecular complexity index is 1010. The number of thioether (sulfide) groups is 1. The normalized spacial score (nSPS) is 15.6. The number of amides is 2. The number of anilines is 1. The molecule has 3 rings (SSSR count). The fourth-order valence-corrected chi connectivity index (χ4v) is 3.73. The number of carbonyl (C=O) groups excluding carboxylic acids is 2. The van der Waals surface area contributed by atoms with Gasteiger partial charge in [0.1, 0.15) is 27.5 Å². The molecule has 0 saturated carbocycles. The molecule has 0 fully saturated rings. The number of aliphatic imine (C=N–C) groups is 1. The number of nitrogens with zero attached hydrogens (tertiary/aromatic N) is 2. The summed E-state index contributed by atoms with van der Waals surface area (Å²) in [5.74, 6) is -0.0165. The molecular weight excluding hydrogens is 398 g/mol. The Labute approximate surface area is 170 Å². The number of hydrogen-bond acceptors (Lipinski definition) is 7. The van der Waals surface area contributed by atoms with Crippen molar-refractivity contribution in [2.45, 2.75) is 11.7 Å². The molecule has 1 aliphatic rings.